The van der Waals surface area contributed by atoms with E-state index in [4.69, 9.17) is 14.6 Å². The number of piperidine rings is 3. The third-order valence-corrected chi connectivity index (χ3v) is 7.46. The van der Waals surface area contributed by atoms with Gasteiger partial charge in [0.25, 0.3) is 5.91 Å². The van der Waals surface area contributed by atoms with Gasteiger partial charge in [0.05, 0.1) is 6.04 Å². The fraction of sp³-hybridized carbons (Fsp3) is 0.323. The molecular weight excluding hydrogens is 510 g/mol. The van der Waals surface area contributed by atoms with Crippen LogP contribution < -0.4 is 15.4 Å². The van der Waals surface area contributed by atoms with Crippen LogP contribution in [0.4, 0.5) is 4.79 Å². The zero-order chi connectivity index (χ0) is 27.9. The quantitative estimate of drug-likeness (QED) is 0.354. The Balaban J connectivity index is 1.24. The molecule has 9 heteroatoms. The molecule has 3 aliphatic rings. The van der Waals surface area contributed by atoms with Gasteiger partial charge < -0.3 is 25.2 Å². The predicted octanol–water partition coefficient (Wildman–Crippen LogP) is 3.99. The highest BCUT2D eigenvalue weighted by Gasteiger charge is 2.36. The van der Waals surface area contributed by atoms with Gasteiger partial charge in [-0.1, -0.05) is 54.6 Å². The van der Waals surface area contributed by atoms with Crippen molar-refractivity contribution in [3.63, 3.8) is 0 Å². The average Bonchev–Trinajstić information content (AvgIpc) is 2.99. The van der Waals surface area contributed by atoms with Gasteiger partial charge in [-0.25, -0.2) is 4.79 Å². The molecule has 3 aromatic rings. The molecule has 0 radical (unpaired) electrons. The summed E-state index contributed by atoms with van der Waals surface area (Å²) in [5.41, 5.74) is 3.01. The lowest BCUT2D eigenvalue weighted by Crippen LogP contribution is -2.52. The average molecular weight is 544 g/mol. The number of nitrogens with one attached hydrogen (secondary N) is 2. The Kier molecular flexibility index (Phi) is 8.61. The summed E-state index contributed by atoms with van der Waals surface area (Å²) in [5, 5.41) is 14.1. The van der Waals surface area contributed by atoms with Crippen LogP contribution in [0, 0.1) is 5.92 Å². The van der Waals surface area contributed by atoms with Crippen molar-refractivity contribution < 1.29 is 29.0 Å². The molecule has 0 unspecified atom stereocenters. The van der Waals surface area contributed by atoms with Crippen molar-refractivity contribution in [2.24, 2.45) is 5.92 Å². The molecule has 0 saturated carbocycles. The van der Waals surface area contributed by atoms with Crippen molar-refractivity contribution in [1.82, 2.24) is 15.5 Å². The molecule has 9 nitrogen and oxygen atoms in total. The Labute approximate surface area is 233 Å². The summed E-state index contributed by atoms with van der Waals surface area (Å²) >= 11 is 0. The van der Waals surface area contributed by atoms with E-state index in [0.29, 0.717) is 17.2 Å². The van der Waals surface area contributed by atoms with Crippen LogP contribution in [0.3, 0.4) is 0 Å². The highest BCUT2D eigenvalue weighted by Crippen LogP contribution is 2.30. The molecule has 0 spiro atoms. The first-order chi connectivity index (χ1) is 19.4. The zero-order valence-electron chi connectivity index (χ0n) is 22.1. The number of hydrogen-bond donors (Lipinski definition) is 3. The van der Waals surface area contributed by atoms with Gasteiger partial charge in [0.2, 0.25) is 0 Å². The molecule has 3 saturated heterocycles. The zero-order valence-corrected chi connectivity index (χ0v) is 22.1. The maximum atomic E-state index is 13.0. The number of hydrogen-bond acceptors (Lipinski definition) is 6. The third-order valence-electron chi connectivity index (χ3n) is 7.46. The monoisotopic (exact) mass is 543 g/mol. The fourth-order valence-corrected chi connectivity index (χ4v) is 5.30. The van der Waals surface area contributed by atoms with Gasteiger partial charge in [0.1, 0.15) is 25.0 Å². The number of carbonyl (C=O) groups is 3. The Hall–Kier alpha value is -4.37. The lowest BCUT2D eigenvalue weighted by atomic mass is 9.86. The first-order valence-electron chi connectivity index (χ1n) is 13.5. The van der Waals surface area contributed by atoms with E-state index >= 15 is 0 Å². The SMILES string of the molecule is O=C(O)CNC(=O)c1ccc(COc2cccc([C@@H](NC(=O)O[C@H]3CN4CCC3CC4)c3ccccc3)c2)cc1. The van der Waals surface area contributed by atoms with Crippen LogP contribution in [0.1, 0.15) is 45.9 Å². The van der Waals surface area contributed by atoms with Gasteiger partial charge in [-0.3, -0.25) is 14.5 Å². The molecule has 3 fully saturated rings. The van der Waals surface area contributed by atoms with E-state index in [1.165, 1.54) is 0 Å². The molecule has 0 aromatic heterocycles. The molecule has 3 aliphatic heterocycles. The number of ether oxygens (including phenoxy) is 2. The fourth-order valence-electron chi connectivity index (χ4n) is 5.30. The van der Waals surface area contributed by atoms with Gasteiger partial charge in [0.15, 0.2) is 0 Å². The van der Waals surface area contributed by atoms with Crippen molar-refractivity contribution in [3.05, 3.63) is 101 Å². The Morgan fingerprint density at radius 1 is 0.925 bits per heavy atom. The highest BCUT2D eigenvalue weighted by molar-refractivity contribution is 5.95. The number of aliphatic carboxylic acids is 1. The van der Waals surface area contributed by atoms with E-state index in [1.54, 1.807) is 24.3 Å². The molecule has 3 heterocycles. The lowest BCUT2D eigenvalue weighted by molar-refractivity contribution is -0.135. The number of amides is 2. The molecule has 40 heavy (non-hydrogen) atoms. The van der Waals surface area contributed by atoms with Crippen LogP contribution in [0.25, 0.3) is 0 Å². The van der Waals surface area contributed by atoms with Crippen LogP contribution in [0.2, 0.25) is 0 Å². The van der Waals surface area contributed by atoms with Gasteiger partial charge in [-0.05, 0) is 72.8 Å². The number of benzene rings is 3. The number of carboxylic acids is 1. The number of fused-ring (bicyclic) bond motifs is 3. The highest BCUT2D eigenvalue weighted by atomic mass is 16.6. The minimum atomic E-state index is -1.10. The summed E-state index contributed by atoms with van der Waals surface area (Å²) in [6.45, 7) is 2.79. The summed E-state index contributed by atoms with van der Waals surface area (Å²) in [4.78, 5) is 38.1. The van der Waals surface area contributed by atoms with E-state index < -0.39 is 30.6 Å². The van der Waals surface area contributed by atoms with Gasteiger partial charge in [-0.15, -0.1) is 0 Å². The topological polar surface area (TPSA) is 117 Å². The van der Waals surface area contributed by atoms with E-state index in [-0.39, 0.29) is 12.7 Å². The van der Waals surface area contributed by atoms with Crippen molar-refractivity contribution in [2.75, 3.05) is 26.2 Å². The first kappa shape index (κ1) is 27.2. The molecule has 2 bridgehead atoms. The molecule has 208 valence electrons. The van der Waals surface area contributed by atoms with Crippen LogP contribution >= 0.6 is 0 Å². The number of carboxylic acid groups (broad SMARTS) is 1. The summed E-state index contributed by atoms with van der Waals surface area (Å²) in [6, 6.07) is 23.7. The minimum absolute atomic E-state index is 0.0803. The molecule has 0 aliphatic carbocycles. The number of carbonyl (C=O) groups excluding carboxylic acids is 2. The standard InChI is InChI=1S/C31H33N3O6/c35-28(36)18-32-30(37)24-11-9-21(10-12-24)20-39-26-8-4-7-25(17-26)29(23-5-2-1-3-6-23)33-31(38)40-27-19-34-15-13-22(27)14-16-34/h1-12,17,22,27,29H,13-16,18-20H2,(H,32,37)(H,33,38)(H,35,36)/t27-,29-/m0/s1. The van der Waals surface area contributed by atoms with E-state index in [0.717, 1.165) is 49.2 Å². The predicted molar refractivity (Wildman–Crippen MR) is 148 cm³/mol. The Bertz CT molecular complexity index is 1320. The van der Waals surface area contributed by atoms with Gasteiger partial charge >= 0.3 is 12.1 Å². The van der Waals surface area contributed by atoms with E-state index in [1.807, 2.05) is 54.6 Å². The van der Waals surface area contributed by atoms with E-state index in [9.17, 15) is 14.4 Å². The summed E-state index contributed by atoms with van der Waals surface area (Å²) in [6.07, 6.45) is 1.63. The number of rotatable bonds is 10. The van der Waals surface area contributed by atoms with Gasteiger partial charge in [0, 0.05) is 12.1 Å². The second-order valence-electron chi connectivity index (χ2n) is 10.2. The van der Waals surface area contributed by atoms with Crippen LogP contribution in [-0.4, -0.2) is 60.3 Å². The Morgan fingerprint density at radius 2 is 1.65 bits per heavy atom. The van der Waals surface area contributed by atoms with Crippen molar-refractivity contribution in [1.29, 1.82) is 0 Å². The summed E-state index contributed by atoms with van der Waals surface area (Å²) < 4.78 is 11.9. The lowest BCUT2D eigenvalue weighted by Gasteiger charge is -2.43. The maximum absolute atomic E-state index is 13.0. The molecule has 3 N–H and O–H groups in total. The first-order valence-corrected chi connectivity index (χ1v) is 13.5. The summed E-state index contributed by atoms with van der Waals surface area (Å²) in [7, 11) is 0. The smallest absolute Gasteiger partial charge is 0.408 e. The minimum Gasteiger partial charge on any atom is -0.489 e. The second-order valence-corrected chi connectivity index (χ2v) is 10.2. The maximum Gasteiger partial charge on any atom is 0.408 e. The number of alkyl carbamates (subject to hydrolysis) is 1. The second kappa shape index (κ2) is 12.7. The molecule has 2 amide bonds. The number of nitrogens with zero attached hydrogens (tertiary/aromatic N) is 1. The van der Waals surface area contributed by atoms with Crippen LogP contribution in [0.15, 0.2) is 78.9 Å². The van der Waals surface area contributed by atoms with Crippen LogP contribution in [0.5, 0.6) is 5.75 Å². The Morgan fingerprint density at radius 3 is 2.33 bits per heavy atom. The van der Waals surface area contributed by atoms with Gasteiger partial charge in [-0.2, -0.15) is 0 Å². The molecule has 2 atom stereocenters. The molecule has 3 aromatic carbocycles. The molecule has 6 rings (SSSR count). The van der Waals surface area contributed by atoms with Crippen molar-refractivity contribution >= 4 is 18.0 Å². The van der Waals surface area contributed by atoms with Crippen LogP contribution in [-0.2, 0) is 16.1 Å². The third kappa shape index (κ3) is 6.98. The largest absolute Gasteiger partial charge is 0.489 e. The van der Waals surface area contributed by atoms with E-state index in [2.05, 4.69) is 15.5 Å². The van der Waals surface area contributed by atoms with Crippen molar-refractivity contribution in [3.8, 4) is 5.75 Å². The normalized spacial score (nSPS) is 20.2. The molecular formula is C31H33N3O6. The van der Waals surface area contributed by atoms with Crippen molar-refractivity contribution in [2.45, 2.75) is 31.6 Å². The summed E-state index contributed by atoms with van der Waals surface area (Å²) in [5.74, 6) is -0.490.